The third-order valence-corrected chi connectivity index (χ3v) is 5.07. The first kappa shape index (κ1) is 16.1. The summed E-state index contributed by atoms with van der Waals surface area (Å²) in [6, 6.07) is 7.97. The highest BCUT2D eigenvalue weighted by Gasteiger charge is 2.44. The van der Waals surface area contributed by atoms with Crippen LogP contribution in [0.4, 0.5) is 17.5 Å². The Morgan fingerprint density at radius 3 is 2.96 bits per heavy atom. The van der Waals surface area contributed by atoms with Crippen molar-refractivity contribution < 1.29 is 4.74 Å². The van der Waals surface area contributed by atoms with Gasteiger partial charge in [0.05, 0.1) is 12.7 Å². The van der Waals surface area contributed by atoms with Gasteiger partial charge in [-0.15, -0.1) is 0 Å². The van der Waals surface area contributed by atoms with E-state index in [0.29, 0.717) is 11.8 Å². The molecule has 7 nitrogen and oxygen atoms in total. The molecule has 2 fully saturated rings. The molecular weight excluding hydrogens is 316 g/mol. The van der Waals surface area contributed by atoms with E-state index in [2.05, 4.69) is 25.2 Å². The molecule has 0 spiro atoms. The number of fused-ring (bicyclic) bond motifs is 1. The normalized spacial score (nSPS) is 25.0. The van der Waals surface area contributed by atoms with Gasteiger partial charge < -0.3 is 19.9 Å². The van der Waals surface area contributed by atoms with Gasteiger partial charge in [0, 0.05) is 57.8 Å². The highest BCUT2D eigenvalue weighted by Crippen LogP contribution is 2.35. The molecule has 3 atom stereocenters. The maximum atomic E-state index is 6.05. The van der Waals surface area contributed by atoms with Gasteiger partial charge in [0.15, 0.2) is 0 Å². The van der Waals surface area contributed by atoms with E-state index in [1.165, 1.54) is 0 Å². The van der Waals surface area contributed by atoms with Crippen molar-refractivity contribution in [1.29, 1.82) is 0 Å². The fourth-order valence-corrected chi connectivity index (χ4v) is 3.65. The van der Waals surface area contributed by atoms with Crippen LogP contribution in [0.2, 0.25) is 0 Å². The molecule has 2 aromatic rings. The van der Waals surface area contributed by atoms with Crippen LogP contribution in [0.5, 0.6) is 0 Å². The number of rotatable bonds is 5. The fraction of sp³-hybridized carbons (Fsp3) is 0.500. The predicted octanol–water partition coefficient (Wildman–Crippen LogP) is 1.50. The van der Waals surface area contributed by atoms with E-state index in [-0.39, 0.29) is 6.10 Å². The summed E-state index contributed by atoms with van der Waals surface area (Å²) in [5.74, 6) is 3.85. The molecule has 0 amide bonds. The van der Waals surface area contributed by atoms with Crippen LogP contribution in [0.1, 0.15) is 0 Å². The molecule has 0 saturated carbocycles. The summed E-state index contributed by atoms with van der Waals surface area (Å²) in [6.45, 7) is 3.58. The zero-order chi connectivity index (χ0) is 17.2. The lowest BCUT2D eigenvalue weighted by molar-refractivity contribution is 0.111. The van der Waals surface area contributed by atoms with Gasteiger partial charge >= 0.3 is 0 Å². The zero-order valence-electron chi connectivity index (χ0n) is 14.7. The minimum atomic E-state index is 0.285. The van der Waals surface area contributed by atoms with Gasteiger partial charge in [-0.05, 0) is 12.1 Å². The van der Waals surface area contributed by atoms with Crippen molar-refractivity contribution in [2.75, 3.05) is 55.5 Å². The van der Waals surface area contributed by atoms with Crippen LogP contribution < -0.4 is 15.1 Å². The summed E-state index contributed by atoms with van der Waals surface area (Å²) < 4.78 is 6.05. The van der Waals surface area contributed by atoms with Crippen LogP contribution in [0, 0.1) is 11.8 Å². The van der Waals surface area contributed by atoms with Gasteiger partial charge in [-0.3, -0.25) is 0 Å². The minimum absolute atomic E-state index is 0.285. The van der Waals surface area contributed by atoms with Crippen molar-refractivity contribution in [2.24, 2.45) is 11.8 Å². The highest BCUT2D eigenvalue weighted by molar-refractivity contribution is 5.50. The molecule has 4 heterocycles. The Labute approximate surface area is 148 Å². The van der Waals surface area contributed by atoms with Crippen molar-refractivity contribution >= 4 is 17.5 Å². The van der Waals surface area contributed by atoms with Crippen LogP contribution in [0.25, 0.3) is 0 Å². The molecule has 0 radical (unpaired) electrons. The average Bonchev–Trinajstić information content (AvgIpc) is 3.22. The Balaban J connectivity index is 1.40. The number of nitrogens with one attached hydrogen (secondary N) is 1. The first-order chi connectivity index (χ1) is 12.2. The van der Waals surface area contributed by atoms with Crippen LogP contribution in [0.15, 0.2) is 36.8 Å². The number of anilines is 3. The van der Waals surface area contributed by atoms with Gasteiger partial charge in [-0.1, -0.05) is 6.07 Å². The molecule has 1 N–H and O–H groups in total. The smallest absolute Gasteiger partial charge is 0.134 e. The molecule has 0 unspecified atom stereocenters. The van der Waals surface area contributed by atoms with Crippen LogP contribution in [0.3, 0.4) is 0 Å². The minimum Gasteiger partial charge on any atom is -0.376 e. The summed E-state index contributed by atoms with van der Waals surface area (Å²) in [6.07, 6.45) is 3.73. The van der Waals surface area contributed by atoms with Crippen molar-refractivity contribution in [3.05, 3.63) is 36.8 Å². The second-order valence-corrected chi connectivity index (χ2v) is 6.93. The van der Waals surface area contributed by atoms with E-state index in [0.717, 1.165) is 43.7 Å². The molecule has 2 saturated heterocycles. The molecule has 132 valence electrons. The van der Waals surface area contributed by atoms with Crippen LogP contribution in [-0.2, 0) is 4.74 Å². The van der Waals surface area contributed by atoms with Crippen molar-refractivity contribution in [2.45, 2.75) is 6.10 Å². The summed E-state index contributed by atoms with van der Waals surface area (Å²) in [5.41, 5.74) is 0. The number of ether oxygens (including phenoxy) is 1. The quantitative estimate of drug-likeness (QED) is 0.885. The second kappa shape index (κ2) is 6.84. The third-order valence-electron chi connectivity index (χ3n) is 5.07. The Bertz CT molecular complexity index is 710. The summed E-state index contributed by atoms with van der Waals surface area (Å²) in [7, 11) is 3.99. The molecule has 25 heavy (non-hydrogen) atoms. The molecule has 0 bridgehead atoms. The lowest BCUT2D eigenvalue weighted by atomic mass is 9.93. The van der Waals surface area contributed by atoms with Gasteiger partial charge in [-0.25, -0.2) is 15.0 Å². The molecule has 0 aliphatic carbocycles. The first-order valence-corrected chi connectivity index (χ1v) is 8.71. The lowest BCUT2D eigenvalue weighted by Gasteiger charge is -2.22. The molecule has 0 aromatic carbocycles. The molecule has 2 aliphatic rings. The van der Waals surface area contributed by atoms with E-state index >= 15 is 0 Å². The maximum absolute atomic E-state index is 6.05. The maximum Gasteiger partial charge on any atom is 0.134 e. The monoisotopic (exact) mass is 340 g/mol. The SMILES string of the molecule is CN(C)c1cc(N2C[C@H]3[C@H](CNc4ccccn4)CO[C@H]3C2)ncn1. The summed E-state index contributed by atoms with van der Waals surface area (Å²) >= 11 is 0. The Morgan fingerprint density at radius 1 is 1.24 bits per heavy atom. The van der Waals surface area contributed by atoms with E-state index in [1.807, 2.05) is 49.5 Å². The molecule has 2 aromatic heterocycles. The average molecular weight is 340 g/mol. The highest BCUT2D eigenvalue weighted by atomic mass is 16.5. The predicted molar refractivity (Wildman–Crippen MR) is 98.0 cm³/mol. The second-order valence-electron chi connectivity index (χ2n) is 6.93. The van der Waals surface area contributed by atoms with E-state index in [9.17, 15) is 0 Å². The van der Waals surface area contributed by atoms with Gasteiger partial charge in [0.2, 0.25) is 0 Å². The number of pyridine rings is 1. The Hall–Kier alpha value is -2.41. The molecule has 7 heteroatoms. The number of hydrogen-bond acceptors (Lipinski definition) is 7. The largest absolute Gasteiger partial charge is 0.376 e. The molecule has 2 aliphatic heterocycles. The molecular formula is C18H24N6O. The number of hydrogen-bond donors (Lipinski definition) is 1. The van der Waals surface area contributed by atoms with Gasteiger partial charge in [-0.2, -0.15) is 0 Å². The van der Waals surface area contributed by atoms with E-state index in [4.69, 9.17) is 4.74 Å². The fourth-order valence-electron chi connectivity index (χ4n) is 3.65. The Kier molecular flexibility index (Phi) is 4.40. The number of nitrogens with zero attached hydrogens (tertiary/aromatic N) is 5. The Morgan fingerprint density at radius 2 is 2.16 bits per heavy atom. The first-order valence-electron chi connectivity index (χ1n) is 8.71. The van der Waals surface area contributed by atoms with Crippen LogP contribution in [-0.4, -0.2) is 61.4 Å². The van der Waals surface area contributed by atoms with E-state index < -0.39 is 0 Å². The van der Waals surface area contributed by atoms with Crippen molar-refractivity contribution in [3.63, 3.8) is 0 Å². The van der Waals surface area contributed by atoms with Crippen molar-refractivity contribution in [3.8, 4) is 0 Å². The number of aromatic nitrogens is 3. The van der Waals surface area contributed by atoms with Crippen molar-refractivity contribution in [1.82, 2.24) is 15.0 Å². The molecule has 4 rings (SSSR count). The van der Waals surface area contributed by atoms with E-state index in [1.54, 1.807) is 6.33 Å². The summed E-state index contributed by atoms with van der Waals surface area (Å²) in [5, 5.41) is 3.44. The van der Waals surface area contributed by atoms with Gasteiger partial charge in [0.25, 0.3) is 0 Å². The standard InChI is InChI=1S/C18H24N6O/c1-23(2)17-7-18(22-12-21-17)24-9-14-13(11-25-15(14)10-24)8-20-16-5-3-4-6-19-16/h3-7,12-15H,8-11H2,1-2H3,(H,19,20)/t13-,14+,15+/m1/s1. The van der Waals surface area contributed by atoms with Gasteiger partial charge in [0.1, 0.15) is 23.8 Å². The lowest BCUT2D eigenvalue weighted by Crippen LogP contribution is -2.28. The van der Waals surface area contributed by atoms with Crippen LogP contribution >= 0.6 is 0 Å². The third kappa shape index (κ3) is 3.37. The summed E-state index contributed by atoms with van der Waals surface area (Å²) in [4.78, 5) is 17.4. The topological polar surface area (TPSA) is 66.4 Å². The zero-order valence-corrected chi connectivity index (χ0v) is 14.7.